The second-order valence-corrected chi connectivity index (χ2v) is 7.91. The maximum atomic E-state index is 12.4. The van der Waals surface area contributed by atoms with Crippen molar-refractivity contribution in [2.75, 3.05) is 24.9 Å². The number of rotatable bonds is 6. The van der Waals surface area contributed by atoms with Crippen LogP contribution in [-0.4, -0.2) is 35.1 Å². The predicted octanol–water partition coefficient (Wildman–Crippen LogP) is 4.00. The molecule has 0 radical (unpaired) electrons. The van der Waals surface area contributed by atoms with Gasteiger partial charge >= 0.3 is 5.13 Å². The largest absolute Gasteiger partial charge is 0.493 e. The number of methoxy groups -OCH3 is 2. The molecular formula is C22H19N6O3S+. The lowest BCUT2D eigenvalue weighted by Gasteiger charge is -2.07. The van der Waals surface area contributed by atoms with Crippen molar-refractivity contribution in [1.82, 2.24) is 15.0 Å². The zero-order valence-corrected chi connectivity index (χ0v) is 18.0. The van der Waals surface area contributed by atoms with Gasteiger partial charge in [-0.2, -0.15) is 4.98 Å². The van der Waals surface area contributed by atoms with Crippen molar-refractivity contribution in [3.8, 4) is 11.5 Å². The van der Waals surface area contributed by atoms with Gasteiger partial charge < -0.3 is 19.8 Å². The molecule has 0 saturated heterocycles. The number of amides is 1. The number of aromatic nitrogens is 4. The van der Waals surface area contributed by atoms with Gasteiger partial charge in [-0.1, -0.05) is 18.2 Å². The Morgan fingerprint density at radius 3 is 2.66 bits per heavy atom. The molecule has 1 amide bonds. The molecule has 0 atom stereocenters. The molecule has 9 nitrogen and oxygen atoms in total. The topological polar surface area (TPSA) is 115 Å². The van der Waals surface area contributed by atoms with Crippen molar-refractivity contribution in [2.45, 2.75) is 0 Å². The number of H-pyrrole nitrogens is 2. The lowest BCUT2D eigenvalue weighted by molar-refractivity contribution is -0.353. The Balaban J connectivity index is 1.46. The molecule has 0 spiro atoms. The number of hydrogen-bond acceptors (Lipinski definition) is 7. The summed E-state index contributed by atoms with van der Waals surface area (Å²) in [7, 11) is 3.19. The van der Waals surface area contributed by atoms with Crippen LogP contribution in [0.25, 0.3) is 21.9 Å². The Morgan fingerprint density at radius 2 is 1.88 bits per heavy atom. The summed E-state index contributed by atoms with van der Waals surface area (Å²) < 4.78 is 10.9. The van der Waals surface area contributed by atoms with Crippen molar-refractivity contribution in [1.29, 1.82) is 0 Å². The summed E-state index contributed by atoms with van der Waals surface area (Å²) >= 11 is 1.37. The molecule has 4 N–H and O–H groups in total. The molecule has 0 unspecified atom stereocenters. The van der Waals surface area contributed by atoms with Crippen LogP contribution >= 0.6 is 11.3 Å². The molecule has 0 aliphatic rings. The Labute approximate surface area is 186 Å². The minimum absolute atomic E-state index is 0.172. The van der Waals surface area contributed by atoms with E-state index < -0.39 is 0 Å². The van der Waals surface area contributed by atoms with Crippen molar-refractivity contribution in [2.24, 2.45) is 0 Å². The molecule has 0 fully saturated rings. The quantitative estimate of drug-likeness (QED) is 0.362. The number of carbonyl (C=O) groups is 1. The monoisotopic (exact) mass is 447 g/mol. The lowest BCUT2D eigenvalue weighted by atomic mass is 10.2. The van der Waals surface area contributed by atoms with Gasteiger partial charge in [-0.3, -0.25) is 4.79 Å². The third-order valence-electron chi connectivity index (χ3n) is 4.94. The first-order valence-electron chi connectivity index (χ1n) is 9.69. The highest BCUT2D eigenvalue weighted by Gasteiger charge is 2.19. The first-order valence-corrected chi connectivity index (χ1v) is 10.5. The summed E-state index contributed by atoms with van der Waals surface area (Å²) in [6.45, 7) is 0. The summed E-state index contributed by atoms with van der Waals surface area (Å²) in [6, 6.07) is 12.8. The van der Waals surface area contributed by atoms with Gasteiger partial charge in [0.15, 0.2) is 11.5 Å². The van der Waals surface area contributed by atoms with Crippen LogP contribution < -0.4 is 25.1 Å². The fraction of sp³-hybridized carbons (Fsp3) is 0.0909. The second kappa shape index (κ2) is 8.16. The highest BCUT2D eigenvalue weighted by atomic mass is 32.1. The number of fused-ring (bicyclic) bond motifs is 3. The van der Waals surface area contributed by atoms with Crippen LogP contribution in [0.3, 0.4) is 0 Å². The van der Waals surface area contributed by atoms with E-state index in [9.17, 15) is 4.79 Å². The summed E-state index contributed by atoms with van der Waals surface area (Å²) in [6.07, 6.45) is 3.22. The number of carbonyl (C=O) groups excluding carboxylic acids is 1. The summed E-state index contributed by atoms with van der Waals surface area (Å²) in [5.74, 6) is 1.69. The van der Waals surface area contributed by atoms with Gasteiger partial charge in [0.05, 0.1) is 25.1 Å². The van der Waals surface area contributed by atoms with Crippen LogP contribution in [0.2, 0.25) is 0 Å². The maximum absolute atomic E-state index is 12.4. The van der Waals surface area contributed by atoms with Crippen LogP contribution in [0.15, 0.2) is 55.0 Å². The van der Waals surface area contributed by atoms with Gasteiger partial charge in [0, 0.05) is 17.0 Å². The Hall–Kier alpha value is -4.18. The molecule has 0 aliphatic heterocycles. The lowest BCUT2D eigenvalue weighted by Crippen LogP contribution is -2.11. The Bertz CT molecular complexity index is 1430. The SMILES string of the molecule is COc1cc2[nH]c3ncnc(Nc4[nH+]cc(NC(=O)c5ccccc5)s4)c3c2cc1OC. The number of anilines is 3. The minimum atomic E-state index is -0.172. The maximum Gasteiger partial charge on any atom is 0.339 e. The van der Waals surface area contributed by atoms with Crippen LogP contribution in [0.1, 0.15) is 10.4 Å². The first-order chi connectivity index (χ1) is 15.7. The van der Waals surface area contributed by atoms with Crippen LogP contribution in [0.5, 0.6) is 11.5 Å². The molecular weight excluding hydrogens is 428 g/mol. The number of hydrogen-bond donors (Lipinski definition) is 3. The number of nitrogens with zero attached hydrogens (tertiary/aromatic N) is 2. The first kappa shape index (κ1) is 19.8. The fourth-order valence-corrected chi connectivity index (χ4v) is 4.20. The third kappa shape index (κ3) is 3.56. The average molecular weight is 448 g/mol. The van der Waals surface area contributed by atoms with Gasteiger partial charge in [0.25, 0.3) is 5.91 Å². The predicted molar refractivity (Wildman–Crippen MR) is 123 cm³/mol. The van der Waals surface area contributed by atoms with Gasteiger partial charge in [-0.15, -0.1) is 0 Å². The zero-order chi connectivity index (χ0) is 22.1. The number of benzene rings is 2. The number of ether oxygens (including phenoxy) is 2. The van der Waals surface area contributed by atoms with Gasteiger partial charge in [0.2, 0.25) is 5.82 Å². The smallest absolute Gasteiger partial charge is 0.339 e. The van der Waals surface area contributed by atoms with Crippen LogP contribution in [0, 0.1) is 0 Å². The second-order valence-electron chi connectivity index (χ2n) is 6.85. The van der Waals surface area contributed by atoms with Gasteiger partial charge in [-0.25, -0.2) is 15.3 Å². The summed E-state index contributed by atoms with van der Waals surface area (Å²) in [5, 5.41) is 9.29. The molecule has 2 aromatic carbocycles. The number of thiazole rings is 1. The molecule has 32 heavy (non-hydrogen) atoms. The van der Waals surface area contributed by atoms with E-state index in [0.29, 0.717) is 38.7 Å². The van der Waals surface area contributed by atoms with E-state index in [1.807, 2.05) is 30.3 Å². The van der Waals surface area contributed by atoms with E-state index in [0.717, 1.165) is 16.3 Å². The van der Waals surface area contributed by atoms with E-state index in [1.54, 1.807) is 32.5 Å². The Morgan fingerprint density at radius 1 is 1.09 bits per heavy atom. The average Bonchev–Trinajstić information content (AvgIpc) is 3.42. The van der Waals surface area contributed by atoms with Crippen molar-refractivity contribution >= 4 is 55.1 Å². The third-order valence-corrected chi connectivity index (χ3v) is 5.81. The van der Waals surface area contributed by atoms with Crippen LogP contribution in [0.4, 0.5) is 16.0 Å². The highest BCUT2D eigenvalue weighted by Crippen LogP contribution is 2.38. The highest BCUT2D eigenvalue weighted by molar-refractivity contribution is 7.19. The molecule has 3 heterocycles. The van der Waals surface area contributed by atoms with Crippen molar-refractivity contribution in [3.63, 3.8) is 0 Å². The number of aromatic amines is 2. The van der Waals surface area contributed by atoms with E-state index in [1.165, 1.54) is 17.7 Å². The van der Waals surface area contributed by atoms with Crippen LogP contribution in [-0.2, 0) is 0 Å². The Kier molecular flexibility index (Phi) is 5.04. The van der Waals surface area contributed by atoms with Gasteiger partial charge in [-0.05, 0) is 29.5 Å². The molecule has 3 aromatic heterocycles. The molecule has 160 valence electrons. The molecule has 5 rings (SSSR count). The molecule has 0 aliphatic carbocycles. The van der Waals surface area contributed by atoms with E-state index >= 15 is 0 Å². The minimum Gasteiger partial charge on any atom is -0.493 e. The number of nitrogens with one attached hydrogen (secondary N) is 4. The molecule has 5 aromatic rings. The normalized spacial score (nSPS) is 10.9. The zero-order valence-electron chi connectivity index (χ0n) is 17.2. The fourth-order valence-electron chi connectivity index (χ4n) is 3.45. The summed E-state index contributed by atoms with van der Waals surface area (Å²) in [5.41, 5.74) is 2.13. The molecule has 10 heteroatoms. The van der Waals surface area contributed by atoms with Crippen molar-refractivity contribution in [3.05, 3.63) is 60.6 Å². The van der Waals surface area contributed by atoms with E-state index in [-0.39, 0.29) is 5.91 Å². The summed E-state index contributed by atoms with van der Waals surface area (Å²) in [4.78, 5) is 27.6. The van der Waals surface area contributed by atoms with Crippen molar-refractivity contribution < 1.29 is 19.3 Å². The van der Waals surface area contributed by atoms with Gasteiger partial charge in [0.1, 0.15) is 23.2 Å². The molecule has 0 bridgehead atoms. The van der Waals surface area contributed by atoms with E-state index in [2.05, 4.69) is 30.6 Å². The van der Waals surface area contributed by atoms with E-state index in [4.69, 9.17) is 9.47 Å². The standard InChI is InChI=1S/C22H18N6O3S/c1-30-15-8-13-14(9-16(15)31-2)26-19-18(13)20(25-11-24-19)28-22-23-10-17(32-22)27-21(29)12-6-4-3-5-7-12/h3-11H,1-2H3,(H,27,29)(H2,23,24,25,26,28)/p+1. The molecule has 0 saturated carbocycles.